The van der Waals surface area contributed by atoms with E-state index in [4.69, 9.17) is 11.6 Å². The molecule has 15 heavy (non-hydrogen) atoms. The molecule has 0 saturated heterocycles. The molecule has 5 nitrogen and oxygen atoms in total. The molecule has 0 aliphatic rings. The van der Waals surface area contributed by atoms with Crippen LogP contribution in [0.2, 0.25) is 5.02 Å². The van der Waals surface area contributed by atoms with Crippen molar-refractivity contribution in [2.75, 3.05) is 0 Å². The second kappa shape index (κ2) is 4.37. The lowest BCUT2D eigenvalue weighted by atomic mass is 10.1. The third-order valence-corrected chi connectivity index (χ3v) is 2.36. The first-order valence-electron chi connectivity index (χ1n) is 4.40. The lowest BCUT2D eigenvalue weighted by Crippen LogP contribution is -2.09. The van der Waals surface area contributed by atoms with E-state index >= 15 is 0 Å². The van der Waals surface area contributed by atoms with Crippen molar-refractivity contribution in [3.8, 4) is 0 Å². The Kier molecular flexibility index (Phi) is 2.94. The summed E-state index contributed by atoms with van der Waals surface area (Å²) in [6, 6.07) is 7.15. The summed E-state index contributed by atoms with van der Waals surface area (Å²) in [5.41, 5.74) is 0.676. The molecule has 0 amide bonds. The van der Waals surface area contributed by atoms with Crippen LogP contribution < -0.4 is 0 Å². The van der Waals surface area contributed by atoms with Crippen LogP contribution in [-0.2, 0) is 6.54 Å². The van der Waals surface area contributed by atoms with E-state index in [9.17, 15) is 5.11 Å². The van der Waals surface area contributed by atoms with Crippen LogP contribution in [0, 0.1) is 0 Å². The highest BCUT2D eigenvalue weighted by molar-refractivity contribution is 6.31. The van der Waals surface area contributed by atoms with Crippen LogP contribution >= 0.6 is 11.6 Å². The van der Waals surface area contributed by atoms with Gasteiger partial charge in [-0.1, -0.05) is 29.8 Å². The average molecular weight is 225 g/mol. The van der Waals surface area contributed by atoms with E-state index in [1.165, 1.54) is 11.0 Å². The van der Waals surface area contributed by atoms with E-state index in [0.717, 1.165) is 0 Å². The molecule has 2 rings (SSSR count). The lowest BCUT2D eigenvalue weighted by Gasteiger charge is -2.11. The molecule has 0 bridgehead atoms. The topological polar surface area (TPSA) is 63.8 Å². The van der Waals surface area contributed by atoms with Crippen molar-refractivity contribution in [3.05, 3.63) is 41.2 Å². The number of hydrogen-bond acceptors (Lipinski definition) is 4. The molecule has 0 aliphatic carbocycles. The Balaban J connectivity index is 2.15. The monoisotopic (exact) mass is 224 g/mol. The van der Waals surface area contributed by atoms with Crippen molar-refractivity contribution < 1.29 is 5.11 Å². The normalized spacial score (nSPS) is 12.7. The molecule has 0 saturated carbocycles. The molecular formula is C9H9ClN4O. The quantitative estimate of drug-likeness (QED) is 0.847. The number of aliphatic hydroxyl groups is 1. The molecule has 1 heterocycles. The molecule has 1 aromatic carbocycles. The van der Waals surface area contributed by atoms with E-state index < -0.39 is 6.10 Å². The third kappa shape index (κ3) is 2.31. The standard InChI is InChI=1S/C9H9ClN4O/c10-8-4-2-1-3-7(8)9(15)5-14-6-11-12-13-14/h1-4,6,9,15H,5H2/t9-/m0/s1. The number of rotatable bonds is 3. The minimum absolute atomic E-state index is 0.288. The molecular weight excluding hydrogens is 216 g/mol. The van der Waals surface area contributed by atoms with E-state index in [1.54, 1.807) is 12.1 Å². The van der Waals surface area contributed by atoms with Crippen molar-refractivity contribution >= 4 is 11.6 Å². The number of aliphatic hydroxyl groups excluding tert-OH is 1. The molecule has 0 spiro atoms. The third-order valence-electron chi connectivity index (χ3n) is 2.02. The summed E-state index contributed by atoms with van der Waals surface area (Å²) >= 11 is 5.94. The Bertz CT molecular complexity index is 431. The summed E-state index contributed by atoms with van der Waals surface area (Å²) in [6.45, 7) is 0.288. The van der Waals surface area contributed by atoms with Gasteiger partial charge >= 0.3 is 0 Å². The van der Waals surface area contributed by atoms with Crippen LogP contribution in [0.15, 0.2) is 30.6 Å². The highest BCUT2D eigenvalue weighted by atomic mass is 35.5. The Morgan fingerprint density at radius 2 is 2.20 bits per heavy atom. The van der Waals surface area contributed by atoms with Gasteiger partial charge in [-0.3, -0.25) is 0 Å². The number of halogens is 1. The lowest BCUT2D eigenvalue weighted by molar-refractivity contribution is 0.150. The SMILES string of the molecule is O[C@@H](Cn1cnnn1)c1ccccc1Cl. The average Bonchev–Trinajstić information content (AvgIpc) is 2.71. The van der Waals surface area contributed by atoms with Crippen molar-refractivity contribution in [3.63, 3.8) is 0 Å². The smallest absolute Gasteiger partial charge is 0.138 e. The summed E-state index contributed by atoms with van der Waals surface area (Å²) in [7, 11) is 0. The maximum atomic E-state index is 9.87. The highest BCUT2D eigenvalue weighted by Crippen LogP contribution is 2.23. The number of aromatic nitrogens is 4. The second-order valence-electron chi connectivity index (χ2n) is 3.07. The molecule has 1 aromatic heterocycles. The highest BCUT2D eigenvalue weighted by Gasteiger charge is 2.11. The molecule has 0 aliphatic heterocycles. The first-order chi connectivity index (χ1) is 7.27. The van der Waals surface area contributed by atoms with Gasteiger partial charge in [0.25, 0.3) is 0 Å². The summed E-state index contributed by atoms with van der Waals surface area (Å²) < 4.78 is 1.45. The van der Waals surface area contributed by atoms with Crippen molar-refractivity contribution in [2.24, 2.45) is 0 Å². The van der Waals surface area contributed by atoms with Crippen molar-refractivity contribution in [1.29, 1.82) is 0 Å². The second-order valence-corrected chi connectivity index (χ2v) is 3.48. The van der Waals surface area contributed by atoms with Gasteiger partial charge < -0.3 is 5.11 Å². The Labute approximate surface area is 91.3 Å². The van der Waals surface area contributed by atoms with Gasteiger partial charge in [0.1, 0.15) is 12.4 Å². The molecule has 0 fully saturated rings. The molecule has 2 aromatic rings. The van der Waals surface area contributed by atoms with Crippen LogP contribution in [0.5, 0.6) is 0 Å². The van der Waals surface area contributed by atoms with Gasteiger partial charge in [-0.25, -0.2) is 4.68 Å². The zero-order chi connectivity index (χ0) is 10.7. The summed E-state index contributed by atoms with van der Waals surface area (Å²) in [4.78, 5) is 0. The van der Waals surface area contributed by atoms with Crippen molar-refractivity contribution in [2.45, 2.75) is 12.6 Å². The van der Waals surface area contributed by atoms with Gasteiger partial charge in [-0.15, -0.1) is 5.10 Å². The van der Waals surface area contributed by atoms with Crippen LogP contribution in [0.25, 0.3) is 0 Å². The zero-order valence-corrected chi connectivity index (χ0v) is 8.54. The van der Waals surface area contributed by atoms with E-state index in [1.807, 2.05) is 12.1 Å². The summed E-state index contributed by atoms with van der Waals surface area (Å²) in [5, 5.41) is 21.0. The summed E-state index contributed by atoms with van der Waals surface area (Å²) in [5.74, 6) is 0. The fourth-order valence-electron chi connectivity index (χ4n) is 1.28. The fourth-order valence-corrected chi connectivity index (χ4v) is 1.55. The number of hydrogen-bond donors (Lipinski definition) is 1. The molecule has 1 atom stereocenters. The van der Waals surface area contributed by atoms with E-state index in [2.05, 4.69) is 15.5 Å². The maximum absolute atomic E-state index is 9.87. The first-order valence-corrected chi connectivity index (χ1v) is 4.78. The van der Waals surface area contributed by atoms with Crippen LogP contribution in [0.4, 0.5) is 0 Å². The predicted molar refractivity (Wildman–Crippen MR) is 54.2 cm³/mol. The summed E-state index contributed by atoms with van der Waals surface area (Å²) in [6.07, 6.45) is 0.738. The number of tetrazole rings is 1. The van der Waals surface area contributed by atoms with Crippen LogP contribution in [-0.4, -0.2) is 25.3 Å². The molecule has 6 heteroatoms. The number of nitrogens with zero attached hydrogens (tertiary/aromatic N) is 4. The van der Waals surface area contributed by atoms with Crippen molar-refractivity contribution in [1.82, 2.24) is 20.2 Å². The van der Waals surface area contributed by atoms with Crippen LogP contribution in [0.1, 0.15) is 11.7 Å². The predicted octanol–water partition coefficient (Wildman–Crippen LogP) is 1.06. The fraction of sp³-hybridized carbons (Fsp3) is 0.222. The maximum Gasteiger partial charge on any atom is 0.138 e. The van der Waals surface area contributed by atoms with E-state index in [0.29, 0.717) is 10.6 Å². The first kappa shape index (κ1) is 10.1. The molecule has 0 unspecified atom stereocenters. The van der Waals surface area contributed by atoms with Gasteiger partial charge in [0.2, 0.25) is 0 Å². The Morgan fingerprint density at radius 1 is 1.40 bits per heavy atom. The van der Waals surface area contributed by atoms with Gasteiger partial charge in [-0.2, -0.15) is 0 Å². The number of benzene rings is 1. The van der Waals surface area contributed by atoms with Gasteiger partial charge in [0.15, 0.2) is 0 Å². The Morgan fingerprint density at radius 3 is 2.87 bits per heavy atom. The van der Waals surface area contributed by atoms with E-state index in [-0.39, 0.29) is 6.54 Å². The van der Waals surface area contributed by atoms with Crippen LogP contribution in [0.3, 0.4) is 0 Å². The molecule has 1 N–H and O–H groups in total. The minimum Gasteiger partial charge on any atom is -0.386 e. The Hall–Kier alpha value is -1.46. The van der Waals surface area contributed by atoms with Gasteiger partial charge in [0.05, 0.1) is 6.54 Å². The van der Waals surface area contributed by atoms with Gasteiger partial charge in [-0.05, 0) is 16.5 Å². The molecule has 78 valence electrons. The van der Waals surface area contributed by atoms with Gasteiger partial charge in [0, 0.05) is 10.6 Å². The minimum atomic E-state index is -0.706. The zero-order valence-electron chi connectivity index (χ0n) is 7.79. The molecule has 0 radical (unpaired) electrons. The largest absolute Gasteiger partial charge is 0.386 e.